The summed E-state index contributed by atoms with van der Waals surface area (Å²) in [4.78, 5) is 25.1. The van der Waals surface area contributed by atoms with Gasteiger partial charge in [-0.1, -0.05) is 35.9 Å². The molecule has 1 rings (SSSR count). The molecule has 1 aromatic rings. The Labute approximate surface area is 124 Å². The molecule has 0 aliphatic carbocycles. The van der Waals surface area contributed by atoms with Crippen LogP contribution in [-0.2, 0) is 20.7 Å². The fourth-order valence-electron chi connectivity index (χ4n) is 1.69. The SMILES string of the molecule is C=CCN(CC(=O)OCC)C(=O)Cc1ccccc1Cl. The second-order valence-corrected chi connectivity index (χ2v) is 4.54. The van der Waals surface area contributed by atoms with E-state index in [4.69, 9.17) is 16.3 Å². The van der Waals surface area contributed by atoms with E-state index in [-0.39, 0.29) is 18.9 Å². The summed E-state index contributed by atoms with van der Waals surface area (Å²) in [6.45, 7) is 5.82. The van der Waals surface area contributed by atoms with E-state index in [1.807, 2.05) is 6.07 Å². The largest absolute Gasteiger partial charge is 0.465 e. The molecule has 5 heteroatoms. The number of benzene rings is 1. The Morgan fingerprint density at radius 3 is 2.70 bits per heavy atom. The molecule has 0 saturated heterocycles. The molecule has 0 aliphatic rings. The number of rotatable bonds is 7. The summed E-state index contributed by atoms with van der Waals surface area (Å²) in [7, 11) is 0. The number of carbonyl (C=O) groups excluding carboxylic acids is 2. The lowest BCUT2D eigenvalue weighted by Crippen LogP contribution is -2.37. The van der Waals surface area contributed by atoms with Crippen LogP contribution in [0.5, 0.6) is 0 Å². The summed E-state index contributed by atoms with van der Waals surface area (Å²) in [5.74, 6) is -0.618. The van der Waals surface area contributed by atoms with Gasteiger partial charge < -0.3 is 9.64 Å². The summed E-state index contributed by atoms with van der Waals surface area (Å²) >= 11 is 6.02. The van der Waals surface area contributed by atoms with Crippen molar-refractivity contribution in [1.29, 1.82) is 0 Å². The Kier molecular flexibility index (Phi) is 6.81. The van der Waals surface area contributed by atoms with Crippen molar-refractivity contribution in [3.63, 3.8) is 0 Å². The van der Waals surface area contributed by atoms with Crippen molar-refractivity contribution in [2.24, 2.45) is 0 Å². The minimum absolute atomic E-state index is 0.0802. The molecule has 20 heavy (non-hydrogen) atoms. The van der Waals surface area contributed by atoms with Crippen LogP contribution in [0.2, 0.25) is 5.02 Å². The van der Waals surface area contributed by atoms with E-state index in [0.29, 0.717) is 18.2 Å². The molecule has 0 aliphatic heterocycles. The number of carbonyl (C=O) groups is 2. The molecule has 0 bridgehead atoms. The third-order valence-corrected chi connectivity index (χ3v) is 3.00. The topological polar surface area (TPSA) is 46.6 Å². The van der Waals surface area contributed by atoms with Gasteiger partial charge in [0.1, 0.15) is 6.54 Å². The molecule has 0 atom stereocenters. The number of hydrogen-bond donors (Lipinski definition) is 0. The highest BCUT2D eigenvalue weighted by Crippen LogP contribution is 2.16. The Hall–Kier alpha value is -1.81. The lowest BCUT2D eigenvalue weighted by atomic mass is 10.1. The van der Waals surface area contributed by atoms with Gasteiger partial charge in [-0.25, -0.2) is 0 Å². The summed E-state index contributed by atoms with van der Waals surface area (Å²) < 4.78 is 4.85. The number of ether oxygens (including phenoxy) is 1. The summed E-state index contributed by atoms with van der Waals surface area (Å²) in [6.07, 6.45) is 1.72. The zero-order valence-corrected chi connectivity index (χ0v) is 12.2. The maximum absolute atomic E-state index is 12.2. The van der Waals surface area contributed by atoms with Crippen molar-refractivity contribution < 1.29 is 14.3 Å². The van der Waals surface area contributed by atoms with Gasteiger partial charge in [-0.3, -0.25) is 9.59 Å². The molecular weight excluding hydrogens is 278 g/mol. The predicted molar refractivity (Wildman–Crippen MR) is 78.6 cm³/mol. The molecule has 0 saturated carbocycles. The minimum atomic E-state index is -0.429. The number of nitrogens with zero attached hydrogens (tertiary/aromatic N) is 1. The van der Waals surface area contributed by atoms with Crippen LogP contribution in [0.15, 0.2) is 36.9 Å². The zero-order valence-electron chi connectivity index (χ0n) is 11.5. The molecule has 0 spiro atoms. The standard InChI is InChI=1S/C15H18ClNO3/c1-3-9-17(11-15(19)20-4-2)14(18)10-12-7-5-6-8-13(12)16/h3,5-8H,1,4,9-11H2,2H3. The highest BCUT2D eigenvalue weighted by Gasteiger charge is 2.17. The Bertz CT molecular complexity index is 488. The van der Waals surface area contributed by atoms with Crippen molar-refractivity contribution in [3.05, 3.63) is 47.5 Å². The highest BCUT2D eigenvalue weighted by molar-refractivity contribution is 6.31. The van der Waals surface area contributed by atoms with Gasteiger partial charge in [-0.15, -0.1) is 6.58 Å². The molecule has 108 valence electrons. The van der Waals surface area contributed by atoms with Crippen LogP contribution in [0.3, 0.4) is 0 Å². The van der Waals surface area contributed by atoms with Gasteiger partial charge in [0.25, 0.3) is 0 Å². The van der Waals surface area contributed by atoms with Crippen LogP contribution >= 0.6 is 11.6 Å². The first kappa shape index (κ1) is 16.2. The third-order valence-electron chi connectivity index (χ3n) is 2.63. The Morgan fingerprint density at radius 2 is 2.10 bits per heavy atom. The smallest absolute Gasteiger partial charge is 0.325 e. The van der Waals surface area contributed by atoms with Gasteiger partial charge in [-0.2, -0.15) is 0 Å². The first-order valence-electron chi connectivity index (χ1n) is 6.36. The first-order valence-corrected chi connectivity index (χ1v) is 6.74. The number of halogens is 1. The van der Waals surface area contributed by atoms with E-state index in [1.54, 1.807) is 31.2 Å². The molecule has 0 fully saturated rings. The highest BCUT2D eigenvalue weighted by atomic mass is 35.5. The molecule has 0 radical (unpaired) electrons. The predicted octanol–water partition coefficient (Wildman–Crippen LogP) is 2.46. The minimum Gasteiger partial charge on any atom is -0.465 e. The lowest BCUT2D eigenvalue weighted by molar-refractivity contribution is -0.148. The van der Waals surface area contributed by atoms with Crippen molar-refractivity contribution in [2.75, 3.05) is 19.7 Å². The number of esters is 1. The van der Waals surface area contributed by atoms with Gasteiger partial charge in [0.2, 0.25) is 5.91 Å². The second-order valence-electron chi connectivity index (χ2n) is 4.14. The van der Waals surface area contributed by atoms with Crippen molar-refractivity contribution >= 4 is 23.5 Å². The molecule has 0 N–H and O–H groups in total. The van der Waals surface area contributed by atoms with Gasteiger partial charge in [0.15, 0.2) is 0 Å². The van der Waals surface area contributed by atoms with Crippen LogP contribution in [0.25, 0.3) is 0 Å². The molecule has 0 heterocycles. The Balaban J connectivity index is 2.71. The second kappa shape index (κ2) is 8.38. The van der Waals surface area contributed by atoms with Crippen LogP contribution < -0.4 is 0 Å². The molecular formula is C15H18ClNO3. The van der Waals surface area contributed by atoms with E-state index in [2.05, 4.69) is 6.58 Å². The molecule has 1 amide bonds. The van der Waals surface area contributed by atoms with Crippen LogP contribution in [0.1, 0.15) is 12.5 Å². The van der Waals surface area contributed by atoms with E-state index < -0.39 is 5.97 Å². The quantitative estimate of drug-likeness (QED) is 0.573. The van der Waals surface area contributed by atoms with Crippen LogP contribution in [0.4, 0.5) is 0 Å². The van der Waals surface area contributed by atoms with E-state index in [9.17, 15) is 9.59 Å². The van der Waals surface area contributed by atoms with E-state index >= 15 is 0 Å². The molecule has 0 unspecified atom stereocenters. The zero-order chi connectivity index (χ0) is 15.0. The van der Waals surface area contributed by atoms with Gasteiger partial charge in [-0.05, 0) is 18.6 Å². The van der Waals surface area contributed by atoms with Crippen molar-refractivity contribution in [3.8, 4) is 0 Å². The van der Waals surface area contributed by atoms with E-state index in [0.717, 1.165) is 5.56 Å². The maximum Gasteiger partial charge on any atom is 0.325 e. The fourth-order valence-corrected chi connectivity index (χ4v) is 1.89. The maximum atomic E-state index is 12.2. The van der Waals surface area contributed by atoms with Crippen molar-refractivity contribution in [1.82, 2.24) is 4.90 Å². The van der Waals surface area contributed by atoms with Crippen molar-refractivity contribution in [2.45, 2.75) is 13.3 Å². The van der Waals surface area contributed by atoms with Crippen LogP contribution in [-0.4, -0.2) is 36.5 Å². The normalized spacial score (nSPS) is 9.90. The summed E-state index contributed by atoms with van der Waals surface area (Å²) in [5, 5.41) is 0.538. The molecule has 4 nitrogen and oxygen atoms in total. The number of amides is 1. The van der Waals surface area contributed by atoms with Gasteiger partial charge in [0.05, 0.1) is 13.0 Å². The summed E-state index contributed by atoms with van der Waals surface area (Å²) in [5.41, 5.74) is 0.733. The monoisotopic (exact) mass is 295 g/mol. The van der Waals surface area contributed by atoms with Gasteiger partial charge in [0, 0.05) is 11.6 Å². The van der Waals surface area contributed by atoms with E-state index in [1.165, 1.54) is 4.90 Å². The number of hydrogen-bond acceptors (Lipinski definition) is 3. The summed E-state index contributed by atoms with van der Waals surface area (Å²) in [6, 6.07) is 7.14. The molecule has 1 aromatic carbocycles. The Morgan fingerprint density at radius 1 is 1.40 bits per heavy atom. The first-order chi connectivity index (χ1) is 9.58. The molecule has 0 aromatic heterocycles. The van der Waals surface area contributed by atoms with Crippen LogP contribution in [0, 0.1) is 0 Å². The fraction of sp³-hybridized carbons (Fsp3) is 0.333. The third kappa shape index (κ3) is 5.05. The average Bonchev–Trinajstić information content (AvgIpc) is 2.41. The van der Waals surface area contributed by atoms with Gasteiger partial charge >= 0.3 is 5.97 Å². The average molecular weight is 296 g/mol. The lowest BCUT2D eigenvalue weighted by Gasteiger charge is -2.20.